The van der Waals surface area contributed by atoms with Gasteiger partial charge in [0.1, 0.15) is 6.04 Å². The van der Waals surface area contributed by atoms with Crippen molar-refractivity contribution >= 4 is 23.7 Å². The Morgan fingerprint density at radius 3 is 2.45 bits per heavy atom. The second-order valence-electron chi connectivity index (χ2n) is 9.21. The number of carbonyl (C=O) groups is 4. The van der Waals surface area contributed by atoms with Gasteiger partial charge in [0.25, 0.3) is 5.91 Å². The molecule has 0 bridgehead atoms. The number of nitrogens with one attached hydrogen (secondary N) is 1. The predicted molar refractivity (Wildman–Crippen MR) is 122 cm³/mol. The van der Waals surface area contributed by atoms with Crippen LogP contribution in [0.4, 0.5) is 13.2 Å². The van der Waals surface area contributed by atoms with Crippen molar-refractivity contribution < 1.29 is 42.6 Å². The summed E-state index contributed by atoms with van der Waals surface area (Å²) in [4.78, 5) is 49.1. The van der Waals surface area contributed by atoms with Crippen LogP contribution in [0.3, 0.4) is 0 Å². The summed E-state index contributed by atoms with van der Waals surface area (Å²) in [6.07, 6.45) is -1.29. The largest absolute Gasteiger partial charge is 0.490 e. The molecule has 0 aliphatic carbocycles. The monoisotopic (exact) mass is 538 g/mol. The van der Waals surface area contributed by atoms with E-state index < -0.39 is 24.1 Å². The number of fused-ring (bicyclic) bond motifs is 1. The standard InChI is InChI=1S/C21H24N6O4.C2HF3O2/c28-16-5-7-25(8-6-16)11-14-12-27(24-23-14)15-1-2-17-13(9-15)10-26(21(17)31)18-3-4-19(29)22-20(18)30;3-2(4,5)1(6)7/h1-2,9,12,16,18,28H,3-8,10-11H2,(H,22,29,30);(H,6,7). The number of carbonyl (C=O) groups excluding carboxylic acids is 3. The van der Waals surface area contributed by atoms with E-state index in [1.54, 1.807) is 10.7 Å². The van der Waals surface area contributed by atoms with Gasteiger partial charge in [0.05, 0.1) is 23.7 Å². The van der Waals surface area contributed by atoms with E-state index in [0.717, 1.165) is 42.9 Å². The topological polar surface area (TPSA) is 158 Å². The number of nitrogens with zero attached hydrogens (tertiary/aromatic N) is 5. The number of imide groups is 1. The van der Waals surface area contributed by atoms with Crippen molar-refractivity contribution in [1.29, 1.82) is 0 Å². The Labute approximate surface area is 214 Å². The normalized spacial score (nSPS) is 20.6. The lowest BCUT2D eigenvalue weighted by atomic mass is 10.0. The number of carboxylic acids is 1. The van der Waals surface area contributed by atoms with Gasteiger partial charge in [-0.1, -0.05) is 5.21 Å². The third kappa shape index (κ3) is 6.16. The molecule has 1 atom stereocenters. The minimum atomic E-state index is -5.08. The number of hydrogen-bond donors (Lipinski definition) is 3. The summed E-state index contributed by atoms with van der Waals surface area (Å²) >= 11 is 0. The highest BCUT2D eigenvalue weighted by Gasteiger charge is 2.39. The van der Waals surface area contributed by atoms with E-state index >= 15 is 0 Å². The Morgan fingerprint density at radius 2 is 1.82 bits per heavy atom. The van der Waals surface area contributed by atoms with Crippen molar-refractivity contribution in [2.24, 2.45) is 0 Å². The van der Waals surface area contributed by atoms with Crippen LogP contribution in [-0.2, 0) is 27.5 Å². The fourth-order valence-corrected chi connectivity index (χ4v) is 4.51. The first-order chi connectivity index (χ1) is 17.9. The van der Waals surface area contributed by atoms with Gasteiger partial charge >= 0.3 is 12.1 Å². The maximum Gasteiger partial charge on any atom is 0.490 e. The van der Waals surface area contributed by atoms with E-state index in [1.165, 1.54) is 4.90 Å². The van der Waals surface area contributed by atoms with Crippen LogP contribution in [0.2, 0.25) is 0 Å². The van der Waals surface area contributed by atoms with Crippen molar-refractivity contribution in [3.05, 3.63) is 41.2 Å². The van der Waals surface area contributed by atoms with Gasteiger partial charge in [-0.05, 0) is 43.0 Å². The summed E-state index contributed by atoms with van der Waals surface area (Å²) in [5.74, 6) is -3.66. The number of halogens is 3. The average Bonchev–Trinajstić information content (AvgIpc) is 3.45. The number of piperidine rings is 2. The van der Waals surface area contributed by atoms with Gasteiger partial charge in [0.15, 0.2) is 0 Å². The number of benzene rings is 1. The van der Waals surface area contributed by atoms with Crippen LogP contribution in [0.1, 0.15) is 47.3 Å². The highest BCUT2D eigenvalue weighted by molar-refractivity contribution is 6.05. The lowest BCUT2D eigenvalue weighted by molar-refractivity contribution is -0.192. The molecule has 2 aromatic rings. The molecule has 0 spiro atoms. The zero-order valence-electron chi connectivity index (χ0n) is 20.0. The molecular weight excluding hydrogens is 513 g/mol. The van der Waals surface area contributed by atoms with Gasteiger partial charge in [-0.3, -0.25) is 24.6 Å². The lowest BCUT2D eigenvalue weighted by Gasteiger charge is -2.29. The zero-order valence-corrected chi connectivity index (χ0v) is 20.0. The summed E-state index contributed by atoms with van der Waals surface area (Å²) in [5, 5.41) is 27.6. The number of aliphatic hydroxyl groups excluding tert-OH is 1. The number of hydrogen-bond acceptors (Lipinski definition) is 8. The van der Waals surface area contributed by atoms with Gasteiger partial charge < -0.3 is 15.1 Å². The van der Waals surface area contributed by atoms with Crippen molar-refractivity contribution in [2.75, 3.05) is 13.1 Å². The molecule has 1 aromatic carbocycles. The Bertz CT molecular complexity index is 1240. The van der Waals surface area contributed by atoms with Crippen LogP contribution in [0.5, 0.6) is 0 Å². The van der Waals surface area contributed by atoms with Gasteiger partial charge in [-0.25, -0.2) is 9.48 Å². The average molecular weight is 538 g/mol. The predicted octanol–water partition coefficient (Wildman–Crippen LogP) is 0.618. The van der Waals surface area contributed by atoms with Crippen LogP contribution in [0, 0.1) is 0 Å². The highest BCUT2D eigenvalue weighted by atomic mass is 19.4. The van der Waals surface area contributed by atoms with Gasteiger partial charge in [0, 0.05) is 38.2 Å². The summed E-state index contributed by atoms with van der Waals surface area (Å²) in [7, 11) is 0. The molecule has 1 aromatic heterocycles. The van der Waals surface area contributed by atoms with Crippen LogP contribution in [0.15, 0.2) is 24.4 Å². The molecule has 5 rings (SSSR count). The first-order valence-corrected chi connectivity index (χ1v) is 11.8. The van der Waals surface area contributed by atoms with Gasteiger partial charge in [0.2, 0.25) is 11.8 Å². The fraction of sp³-hybridized carbons (Fsp3) is 0.478. The molecule has 3 amide bonds. The number of amides is 3. The van der Waals surface area contributed by atoms with Crippen molar-refractivity contribution in [2.45, 2.75) is 57.1 Å². The molecule has 4 heterocycles. The quantitative estimate of drug-likeness (QED) is 0.475. The molecule has 3 aliphatic heterocycles. The zero-order chi connectivity index (χ0) is 27.6. The van der Waals surface area contributed by atoms with E-state index in [0.29, 0.717) is 25.1 Å². The van der Waals surface area contributed by atoms with Crippen molar-refractivity contribution in [3.63, 3.8) is 0 Å². The number of alkyl halides is 3. The molecule has 3 N–H and O–H groups in total. The molecule has 204 valence electrons. The smallest absolute Gasteiger partial charge is 0.475 e. The maximum absolute atomic E-state index is 12.8. The Kier molecular flexibility index (Phi) is 7.78. The summed E-state index contributed by atoms with van der Waals surface area (Å²) in [6, 6.07) is 4.85. The molecule has 0 radical (unpaired) electrons. The lowest BCUT2D eigenvalue weighted by Crippen LogP contribution is -2.52. The van der Waals surface area contributed by atoms with E-state index in [4.69, 9.17) is 9.90 Å². The van der Waals surface area contributed by atoms with Crippen molar-refractivity contribution in [1.82, 2.24) is 30.1 Å². The number of aromatic nitrogens is 3. The van der Waals surface area contributed by atoms with Crippen molar-refractivity contribution in [3.8, 4) is 5.69 Å². The van der Waals surface area contributed by atoms with Gasteiger partial charge in [-0.2, -0.15) is 13.2 Å². The number of aliphatic carboxylic acids is 1. The van der Waals surface area contributed by atoms with Crippen LogP contribution < -0.4 is 5.32 Å². The maximum atomic E-state index is 12.8. The molecule has 3 aliphatic rings. The number of rotatable bonds is 4. The van der Waals surface area contributed by atoms with Gasteiger partial charge in [-0.15, -0.1) is 5.10 Å². The number of aliphatic hydroxyl groups is 1. The molecular formula is C23H25F3N6O6. The van der Waals surface area contributed by atoms with E-state index in [-0.39, 0.29) is 24.3 Å². The Morgan fingerprint density at radius 1 is 1.13 bits per heavy atom. The minimum absolute atomic E-state index is 0.192. The summed E-state index contributed by atoms with van der Waals surface area (Å²) < 4.78 is 33.4. The third-order valence-electron chi connectivity index (χ3n) is 6.50. The minimum Gasteiger partial charge on any atom is -0.475 e. The summed E-state index contributed by atoms with van der Waals surface area (Å²) in [5.41, 5.74) is 3.04. The third-order valence-corrected chi connectivity index (χ3v) is 6.50. The van der Waals surface area contributed by atoms with Crippen LogP contribution >= 0.6 is 0 Å². The molecule has 15 heteroatoms. The summed E-state index contributed by atoms with van der Waals surface area (Å²) in [6.45, 7) is 2.68. The second kappa shape index (κ2) is 10.9. The van der Waals surface area contributed by atoms with E-state index in [1.807, 2.05) is 18.3 Å². The Balaban J connectivity index is 0.000000426. The second-order valence-corrected chi connectivity index (χ2v) is 9.21. The number of likely N-dealkylation sites (tertiary alicyclic amines) is 1. The molecule has 12 nitrogen and oxygen atoms in total. The molecule has 0 saturated carbocycles. The SMILES string of the molecule is O=C(O)C(F)(F)F.O=C1CCC(N2Cc3cc(-n4cc(CN5CCC(O)CC5)nn4)ccc3C2=O)C(=O)N1. The molecule has 1 unspecified atom stereocenters. The van der Waals surface area contributed by atoms with E-state index in [2.05, 4.69) is 20.5 Å². The highest BCUT2D eigenvalue weighted by Crippen LogP contribution is 2.29. The first-order valence-electron chi connectivity index (χ1n) is 11.8. The molecule has 38 heavy (non-hydrogen) atoms. The molecule has 2 saturated heterocycles. The first kappa shape index (κ1) is 27.2. The molecule has 2 fully saturated rings. The number of carboxylic acid groups (broad SMARTS) is 1. The fourth-order valence-electron chi connectivity index (χ4n) is 4.51. The van der Waals surface area contributed by atoms with E-state index in [9.17, 15) is 32.7 Å². The van der Waals surface area contributed by atoms with Crippen LogP contribution in [-0.4, -0.2) is 90.1 Å². The Hall–Kier alpha value is -3.85. The van der Waals surface area contributed by atoms with Crippen LogP contribution in [0.25, 0.3) is 5.69 Å².